The molecule has 0 amide bonds. The summed E-state index contributed by atoms with van der Waals surface area (Å²) in [4.78, 5) is 9.14. The van der Waals surface area contributed by atoms with Gasteiger partial charge in [0.05, 0.1) is 25.1 Å². The van der Waals surface area contributed by atoms with Crippen LogP contribution in [-0.4, -0.2) is 24.2 Å². The molecule has 4 heteroatoms. The smallest absolute Gasteiger partial charge is 0.224 e. The first kappa shape index (κ1) is 13.4. The third-order valence-electron chi connectivity index (χ3n) is 3.40. The van der Waals surface area contributed by atoms with Crippen molar-refractivity contribution < 1.29 is 9.47 Å². The van der Waals surface area contributed by atoms with Crippen molar-refractivity contribution in [3.8, 4) is 23.0 Å². The Bertz CT molecular complexity index is 786. The predicted molar refractivity (Wildman–Crippen MR) is 82.8 cm³/mol. The van der Waals surface area contributed by atoms with Crippen LogP contribution in [0.5, 0.6) is 11.6 Å². The molecule has 0 atom stereocenters. The van der Waals surface area contributed by atoms with Crippen LogP contribution in [0.1, 0.15) is 5.56 Å². The minimum atomic E-state index is 0.574. The molecule has 0 saturated heterocycles. The van der Waals surface area contributed by atoms with Gasteiger partial charge in [-0.25, -0.2) is 4.98 Å². The molecule has 0 N–H and O–H groups in total. The summed E-state index contributed by atoms with van der Waals surface area (Å²) in [5.41, 5.74) is 2.79. The summed E-state index contributed by atoms with van der Waals surface area (Å²) in [6.07, 6.45) is 0. The molecule has 0 radical (unpaired) electrons. The lowest BCUT2D eigenvalue weighted by Crippen LogP contribution is -1.97. The monoisotopic (exact) mass is 280 g/mol. The number of aromatic nitrogens is 2. The van der Waals surface area contributed by atoms with Gasteiger partial charge in [-0.3, -0.25) is 0 Å². The molecule has 1 heterocycles. The summed E-state index contributed by atoms with van der Waals surface area (Å²) in [6.45, 7) is 1.99. The highest BCUT2D eigenvalue weighted by molar-refractivity contribution is 5.87. The number of aryl methyl sites for hydroxylation is 1. The average Bonchev–Trinajstić information content (AvgIpc) is 2.54. The van der Waals surface area contributed by atoms with E-state index in [1.807, 2.05) is 49.4 Å². The fraction of sp³-hybridized carbons (Fsp3) is 0.176. The Morgan fingerprint density at radius 1 is 0.905 bits per heavy atom. The number of rotatable bonds is 3. The summed E-state index contributed by atoms with van der Waals surface area (Å²) < 4.78 is 10.8. The van der Waals surface area contributed by atoms with E-state index in [1.54, 1.807) is 14.2 Å². The van der Waals surface area contributed by atoms with E-state index in [2.05, 4.69) is 9.97 Å². The van der Waals surface area contributed by atoms with E-state index in [4.69, 9.17) is 9.47 Å². The first-order valence-corrected chi connectivity index (χ1v) is 6.68. The second-order valence-corrected chi connectivity index (χ2v) is 4.76. The van der Waals surface area contributed by atoms with Crippen molar-refractivity contribution in [2.45, 2.75) is 6.92 Å². The number of methoxy groups -OCH3 is 2. The average molecular weight is 280 g/mol. The zero-order valence-corrected chi connectivity index (χ0v) is 12.3. The third-order valence-corrected chi connectivity index (χ3v) is 3.40. The fourth-order valence-electron chi connectivity index (χ4n) is 2.33. The van der Waals surface area contributed by atoms with Gasteiger partial charge in [0.1, 0.15) is 5.75 Å². The maximum atomic E-state index is 5.43. The van der Waals surface area contributed by atoms with Crippen molar-refractivity contribution in [1.82, 2.24) is 9.97 Å². The zero-order chi connectivity index (χ0) is 14.8. The Morgan fingerprint density at radius 2 is 1.67 bits per heavy atom. The molecule has 0 spiro atoms. The Kier molecular flexibility index (Phi) is 3.44. The van der Waals surface area contributed by atoms with E-state index in [0.717, 1.165) is 27.8 Å². The van der Waals surface area contributed by atoms with Gasteiger partial charge in [-0.05, 0) is 18.6 Å². The number of fused-ring (bicyclic) bond motifs is 1. The van der Waals surface area contributed by atoms with Crippen LogP contribution in [0.15, 0.2) is 42.5 Å². The van der Waals surface area contributed by atoms with E-state index < -0.39 is 0 Å². The van der Waals surface area contributed by atoms with Crippen LogP contribution in [0, 0.1) is 6.92 Å². The van der Waals surface area contributed by atoms with Crippen LogP contribution in [-0.2, 0) is 0 Å². The van der Waals surface area contributed by atoms with E-state index in [9.17, 15) is 0 Å². The molecular formula is C17H16N2O2. The van der Waals surface area contributed by atoms with Gasteiger partial charge in [0.15, 0.2) is 5.82 Å². The molecule has 3 rings (SSSR count). The molecule has 0 fully saturated rings. The van der Waals surface area contributed by atoms with Crippen LogP contribution in [0.2, 0.25) is 0 Å². The first-order chi connectivity index (χ1) is 10.2. The van der Waals surface area contributed by atoms with Gasteiger partial charge in [-0.15, -0.1) is 0 Å². The number of ether oxygens (including phenoxy) is 2. The lowest BCUT2D eigenvalue weighted by molar-refractivity contribution is 0.402. The van der Waals surface area contributed by atoms with Gasteiger partial charge in [0.2, 0.25) is 5.88 Å². The second-order valence-electron chi connectivity index (χ2n) is 4.76. The number of benzene rings is 2. The largest absolute Gasteiger partial charge is 0.496 e. The number of nitrogens with zero attached hydrogens (tertiary/aromatic N) is 2. The molecule has 2 aromatic carbocycles. The second kappa shape index (κ2) is 5.40. The molecule has 3 aromatic rings. The SMILES string of the molecule is COc1cc2nc(-c3ccccc3)nc(OC)c2cc1C. The van der Waals surface area contributed by atoms with Crippen LogP contribution < -0.4 is 9.47 Å². The normalized spacial score (nSPS) is 10.6. The Hall–Kier alpha value is -2.62. The lowest BCUT2D eigenvalue weighted by atomic mass is 10.1. The van der Waals surface area contributed by atoms with Gasteiger partial charge in [0.25, 0.3) is 0 Å². The van der Waals surface area contributed by atoms with Crippen molar-refractivity contribution >= 4 is 10.9 Å². The molecule has 0 aliphatic rings. The molecule has 4 nitrogen and oxygen atoms in total. The maximum absolute atomic E-state index is 5.43. The van der Waals surface area contributed by atoms with Gasteiger partial charge >= 0.3 is 0 Å². The Morgan fingerprint density at radius 3 is 2.33 bits per heavy atom. The quantitative estimate of drug-likeness (QED) is 0.735. The molecular weight excluding hydrogens is 264 g/mol. The van der Waals surface area contributed by atoms with Crippen LogP contribution in [0.4, 0.5) is 0 Å². The van der Waals surface area contributed by atoms with Crippen molar-refractivity contribution in [2.24, 2.45) is 0 Å². The maximum Gasteiger partial charge on any atom is 0.224 e. The highest BCUT2D eigenvalue weighted by atomic mass is 16.5. The molecule has 0 unspecified atom stereocenters. The third kappa shape index (κ3) is 2.40. The van der Waals surface area contributed by atoms with Gasteiger partial charge in [-0.1, -0.05) is 30.3 Å². The minimum Gasteiger partial charge on any atom is -0.496 e. The van der Waals surface area contributed by atoms with E-state index >= 15 is 0 Å². The highest BCUT2D eigenvalue weighted by Crippen LogP contribution is 2.31. The van der Waals surface area contributed by atoms with E-state index in [-0.39, 0.29) is 0 Å². The Balaban J connectivity index is 2.27. The van der Waals surface area contributed by atoms with Crippen molar-refractivity contribution in [3.63, 3.8) is 0 Å². The number of hydrogen-bond donors (Lipinski definition) is 0. The van der Waals surface area contributed by atoms with Crippen molar-refractivity contribution in [2.75, 3.05) is 14.2 Å². The number of hydrogen-bond acceptors (Lipinski definition) is 4. The van der Waals surface area contributed by atoms with Gasteiger partial charge < -0.3 is 9.47 Å². The zero-order valence-electron chi connectivity index (χ0n) is 12.3. The molecule has 0 saturated carbocycles. The summed E-state index contributed by atoms with van der Waals surface area (Å²) in [5.74, 6) is 2.03. The van der Waals surface area contributed by atoms with Crippen molar-refractivity contribution in [1.29, 1.82) is 0 Å². The predicted octanol–water partition coefficient (Wildman–Crippen LogP) is 3.62. The minimum absolute atomic E-state index is 0.574. The summed E-state index contributed by atoms with van der Waals surface area (Å²) in [6, 6.07) is 13.8. The van der Waals surface area contributed by atoms with Crippen LogP contribution >= 0.6 is 0 Å². The lowest BCUT2D eigenvalue weighted by Gasteiger charge is -2.10. The van der Waals surface area contributed by atoms with Gasteiger partial charge in [-0.2, -0.15) is 4.98 Å². The topological polar surface area (TPSA) is 44.2 Å². The first-order valence-electron chi connectivity index (χ1n) is 6.68. The standard InChI is InChI=1S/C17H16N2O2/c1-11-9-13-14(10-15(11)20-2)18-16(19-17(13)21-3)12-7-5-4-6-8-12/h4-10H,1-3H3. The molecule has 21 heavy (non-hydrogen) atoms. The Labute approximate surface area is 123 Å². The molecule has 0 aliphatic carbocycles. The molecule has 106 valence electrons. The van der Waals surface area contributed by atoms with E-state index in [0.29, 0.717) is 11.7 Å². The summed E-state index contributed by atoms with van der Waals surface area (Å²) in [7, 11) is 3.28. The fourth-order valence-corrected chi connectivity index (χ4v) is 2.33. The highest BCUT2D eigenvalue weighted by Gasteiger charge is 2.12. The molecule has 0 aliphatic heterocycles. The summed E-state index contributed by atoms with van der Waals surface area (Å²) in [5, 5.41) is 0.885. The van der Waals surface area contributed by atoms with Crippen LogP contribution in [0.3, 0.4) is 0 Å². The van der Waals surface area contributed by atoms with Crippen LogP contribution in [0.25, 0.3) is 22.3 Å². The van der Waals surface area contributed by atoms with Gasteiger partial charge in [0, 0.05) is 11.6 Å². The molecule has 1 aromatic heterocycles. The molecule has 0 bridgehead atoms. The van der Waals surface area contributed by atoms with E-state index in [1.165, 1.54) is 0 Å². The van der Waals surface area contributed by atoms with Crippen molar-refractivity contribution in [3.05, 3.63) is 48.0 Å². The summed E-state index contributed by atoms with van der Waals surface area (Å²) >= 11 is 0.